The molecule has 0 aromatic carbocycles. The second-order valence-corrected chi connectivity index (χ2v) is 6.24. The number of thiophene rings is 1. The highest BCUT2D eigenvalue weighted by Crippen LogP contribution is 2.27. The zero-order chi connectivity index (χ0) is 13.8. The van der Waals surface area contributed by atoms with Crippen LogP contribution in [-0.2, 0) is 11.3 Å². The van der Waals surface area contributed by atoms with E-state index in [2.05, 4.69) is 5.32 Å². The topological polar surface area (TPSA) is 42.2 Å². The summed E-state index contributed by atoms with van der Waals surface area (Å²) in [5, 5.41) is 5.03. The fourth-order valence-corrected chi connectivity index (χ4v) is 3.39. The number of furan rings is 1. The van der Waals surface area contributed by atoms with Gasteiger partial charge in [0.25, 0.3) is 0 Å². The van der Waals surface area contributed by atoms with Crippen molar-refractivity contribution in [3.8, 4) is 10.6 Å². The van der Waals surface area contributed by atoms with Crippen LogP contribution in [0.1, 0.15) is 37.9 Å². The van der Waals surface area contributed by atoms with E-state index in [1.54, 1.807) is 11.3 Å². The highest BCUT2D eigenvalue weighted by Gasteiger charge is 2.20. The summed E-state index contributed by atoms with van der Waals surface area (Å²) in [6.45, 7) is 0.487. The van der Waals surface area contributed by atoms with Crippen LogP contribution in [0.5, 0.6) is 0 Å². The van der Waals surface area contributed by atoms with Crippen molar-refractivity contribution in [3.05, 3.63) is 35.4 Å². The molecule has 106 valence electrons. The van der Waals surface area contributed by atoms with E-state index in [1.165, 1.54) is 19.3 Å². The van der Waals surface area contributed by atoms with Gasteiger partial charge in [0.1, 0.15) is 11.5 Å². The number of hydrogen-bond acceptors (Lipinski definition) is 3. The molecule has 1 aliphatic rings. The quantitative estimate of drug-likeness (QED) is 0.916. The summed E-state index contributed by atoms with van der Waals surface area (Å²) in [6.07, 6.45) is 5.70. The van der Waals surface area contributed by atoms with Crippen LogP contribution in [-0.4, -0.2) is 5.91 Å². The molecule has 2 aromatic heterocycles. The molecule has 2 heterocycles. The smallest absolute Gasteiger partial charge is 0.223 e. The monoisotopic (exact) mass is 289 g/mol. The zero-order valence-corrected chi connectivity index (χ0v) is 12.2. The molecule has 1 saturated carbocycles. The highest BCUT2D eigenvalue weighted by atomic mass is 32.1. The summed E-state index contributed by atoms with van der Waals surface area (Å²) in [5.74, 6) is 2.08. The molecule has 0 atom stereocenters. The average Bonchev–Trinajstić information content (AvgIpc) is 3.16. The summed E-state index contributed by atoms with van der Waals surface area (Å²) in [7, 11) is 0. The number of nitrogens with one attached hydrogen (secondary N) is 1. The minimum absolute atomic E-state index is 0.179. The molecule has 3 rings (SSSR count). The van der Waals surface area contributed by atoms with Crippen LogP contribution in [0.4, 0.5) is 0 Å². The SMILES string of the molecule is O=C(NCc1ccc(-c2cccs2)o1)C1CCCCC1. The van der Waals surface area contributed by atoms with E-state index < -0.39 is 0 Å². The predicted octanol–water partition coefficient (Wildman–Crippen LogP) is 4.20. The third-order valence-corrected chi connectivity index (χ3v) is 4.72. The lowest BCUT2D eigenvalue weighted by molar-refractivity contribution is -0.126. The van der Waals surface area contributed by atoms with Gasteiger partial charge in [-0.1, -0.05) is 25.3 Å². The van der Waals surface area contributed by atoms with Crippen LogP contribution >= 0.6 is 11.3 Å². The van der Waals surface area contributed by atoms with E-state index in [4.69, 9.17) is 4.42 Å². The standard InChI is InChI=1S/C16H19NO2S/c18-16(12-5-2-1-3-6-12)17-11-13-8-9-14(19-13)15-7-4-10-20-15/h4,7-10,12H,1-3,5-6,11H2,(H,17,18). The first-order valence-electron chi connectivity index (χ1n) is 7.23. The molecular weight excluding hydrogens is 270 g/mol. The minimum atomic E-state index is 0.179. The molecule has 2 aromatic rings. The molecule has 3 nitrogen and oxygen atoms in total. The number of amides is 1. The summed E-state index contributed by atoms with van der Waals surface area (Å²) in [6, 6.07) is 7.95. The maximum absolute atomic E-state index is 12.1. The van der Waals surface area contributed by atoms with Gasteiger partial charge in [0, 0.05) is 5.92 Å². The van der Waals surface area contributed by atoms with Crippen molar-refractivity contribution in [2.24, 2.45) is 5.92 Å². The molecular formula is C16H19NO2S. The van der Waals surface area contributed by atoms with E-state index >= 15 is 0 Å². The van der Waals surface area contributed by atoms with Gasteiger partial charge < -0.3 is 9.73 Å². The summed E-state index contributed by atoms with van der Waals surface area (Å²) in [4.78, 5) is 13.2. The fourth-order valence-electron chi connectivity index (χ4n) is 2.71. The molecule has 0 bridgehead atoms. The Bertz CT molecular complexity index is 553. The van der Waals surface area contributed by atoms with E-state index in [0.29, 0.717) is 6.54 Å². The second-order valence-electron chi connectivity index (χ2n) is 5.30. The van der Waals surface area contributed by atoms with Gasteiger partial charge in [-0.15, -0.1) is 11.3 Å². The van der Waals surface area contributed by atoms with Crippen molar-refractivity contribution < 1.29 is 9.21 Å². The molecule has 1 aliphatic carbocycles. The maximum atomic E-state index is 12.1. The van der Waals surface area contributed by atoms with Crippen molar-refractivity contribution >= 4 is 17.2 Å². The fraction of sp³-hybridized carbons (Fsp3) is 0.438. The van der Waals surface area contributed by atoms with Crippen molar-refractivity contribution in [3.63, 3.8) is 0 Å². The normalized spacial score (nSPS) is 16.2. The lowest BCUT2D eigenvalue weighted by atomic mass is 9.89. The molecule has 20 heavy (non-hydrogen) atoms. The van der Waals surface area contributed by atoms with Gasteiger partial charge in [-0.2, -0.15) is 0 Å². The molecule has 0 spiro atoms. The molecule has 1 amide bonds. The highest BCUT2D eigenvalue weighted by molar-refractivity contribution is 7.13. The molecule has 0 unspecified atom stereocenters. The molecule has 0 radical (unpaired) electrons. The van der Waals surface area contributed by atoms with Crippen LogP contribution in [0.3, 0.4) is 0 Å². The minimum Gasteiger partial charge on any atom is -0.458 e. The molecule has 1 fully saturated rings. The first-order chi connectivity index (χ1) is 9.83. The van der Waals surface area contributed by atoms with E-state index in [-0.39, 0.29) is 11.8 Å². The lowest BCUT2D eigenvalue weighted by Crippen LogP contribution is -2.31. The van der Waals surface area contributed by atoms with Gasteiger partial charge in [0.15, 0.2) is 0 Å². The third kappa shape index (κ3) is 3.12. The van der Waals surface area contributed by atoms with Crippen LogP contribution in [0, 0.1) is 5.92 Å². The van der Waals surface area contributed by atoms with Crippen LogP contribution in [0.2, 0.25) is 0 Å². The second kappa shape index (κ2) is 6.27. The van der Waals surface area contributed by atoms with Crippen LogP contribution in [0.15, 0.2) is 34.1 Å². The van der Waals surface area contributed by atoms with E-state index in [9.17, 15) is 4.79 Å². The van der Waals surface area contributed by atoms with Gasteiger partial charge in [-0.3, -0.25) is 4.79 Å². The maximum Gasteiger partial charge on any atom is 0.223 e. The van der Waals surface area contributed by atoms with E-state index in [1.807, 2.05) is 29.6 Å². The van der Waals surface area contributed by atoms with Gasteiger partial charge >= 0.3 is 0 Å². The Balaban J connectivity index is 1.54. The number of hydrogen-bond donors (Lipinski definition) is 1. The first kappa shape index (κ1) is 13.4. The Morgan fingerprint density at radius 2 is 2.10 bits per heavy atom. The van der Waals surface area contributed by atoms with Gasteiger partial charge in [-0.25, -0.2) is 0 Å². The molecule has 1 N–H and O–H groups in total. The number of carbonyl (C=O) groups is 1. The van der Waals surface area contributed by atoms with Crippen molar-refractivity contribution in [1.82, 2.24) is 5.32 Å². The molecule has 4 heteroatoms. The van der Waals surface area contributed by atoms with Crippen molar-refractivity contribution in [2.75, 3.05) is 0 Å². The largest absolute Gasteiger partial charge is 0.458 e. The Hall–Kier alpha value is -1.55. The number of carbonyl (C=O) groups excluding carboxylic acids is 1. The average molecular weight is 289 g/mol. The predicted molar refractivity (Wildman–Crippen MR) is 80.4 cm³/mol. The first-order valence-corrected chi connectivity index (χ1v) is 8.11. The van der Waals surface area contributed by atoms with E-state index in [0.717, 1.165) is 29.2 Å². The summed E-state index contributed by atoms with van der Waals surface area (Å²) >= 11 is 1.66. The molecule has 0 saturated heterocycles. The number of rotatable bonds is 4. The Morgan fingerprint density at radius 1 is 1.25 bits per heavy atom. The van der Waals surface area contributed by atoms with Crippen LogP contribution < -0.4 is 5.32 Å². The Kier molecular flexibility index (Phi) is 4.21. The van der Waals surface area contributed by atoms with Crippen molar-refractivity contribution in [2.45, 2.75) is 38.6 Å². The van der Waals surface area contributed by atoms with Crippen LogP contribution in [0.25, 0.3) is 10.6 Å². The van der Waals surface area contributed by atoms with Gasteiger partial charge in [0.2, 0.25) is 5.91 Å². The third-order valence-electron chi connectivity index (χ3n) is 3.84. The lowest BCUT2D eigenvalue weighted by Gasteiger charge is -2.20. The Morgan fingerprint density at radius 3 is 2.85 bits per heavy atom. The van der Waals surface area contributed by atoms with Gasteiger partial charge in [0.05, 0.1) is 11.4 Å². The summed E-state index contributed by atoms with van der Waals surface area (Å²) in [5.41, 5.74) is 0. The van der Waals surface area contributed by atoms with Gasteiger partial charge in [-0.05, 0) is 36.4 Å². The molecule has 0 aliphatic heterocycles. The zero-order valence-electron chi connectivity index (χ0n) is 11.4. The van der Waals surface area contributed by atoms with Crippen molar-refractivity contribution in [1.29, 1.82) is 0 Å². The summed E-state index contributed by atoms with van der Waals surface area (Å²) < 4.78 is 5.76. The Labute approximate surface area is 123 Å².